The third-order valence-corrected chi connectivity index (χ3v) is 16.0. The van der Waals surface area contributed by atoms with E-state index in [9.17, 15) is 0 Å². The zero-order valence-corrected chi connectivity index (χ0v) is 25.2. The van der Waals surface area contributed by atoms with Crippen LogP contribution in [-0.2, 0) is 0 Å². The van der Waals surface area contributed by atoms with E-state index in [4.69, 9.17) is 14.7 Å². The number of rotatable bonds is 0. The fourth-order valence-electron chi connectivity index (χ4n) is 9.74. The van der Waals surface area contributed by atoms with Gasteiger partial charge in [0.2, 0.25) is 17.6 Å². The van der Waals surface area contributed by atoms with Crippen molar-refractivity contribution < 1.29 is 14.1 Å². The lowest BCUT2D eigenvalue weighted by Gasteiger charge is -2.38. The Morgan fingerprint density at radius 3 is 2.30 bits per heavy atom. The van der Waals surface area contributed by atoms with Gasteiger partial charge in [0.05, 0.1) is 11.6 Å². The Morgan fingerprint density at radius 2 is 1.43 bits per heavy atom. The highest BCUT2D eigenvalue weighted by molar-refractivity contribution is 7.23. The van der Waals surface area contributed by atoms with Crippen LogP contribution in [0.4, 0.5) is 11.4 Å². The van der Waals surface area contributed by atoms with Gasteiger partial charge in [-0.1, -0.05) is 60.7 Å². The summed E-state index contributed by atoms with van der Waals surface area (Å²) in [5.41, 5.74) is 11.7. The number of nitrogens with zero attached hydrogens (tertiary/aromatic N) is 6. The summed E-state index contributed by atoms with van der Waals surface area (Å²) in [4.78, 5) is 10.1. The second-order valence-electron chi connectivity index (χ2n) is 12.8. The van der Waals surface area contributed by atoms with Crippen LogP contribution >= 0.6 is 0 Å². The fourth-order valence-corrected chi connectivity index (χ4v) is 15.2. The second kappa shape index (κ2) is 6.97. The number of aromatic nitrogens is 5. The van der Waals surface area contributed by atoms with Gasteiger partial charge in [0.25, 0.3) is 11.4 Å². The van der Waals surface area contributed by atoms with Crippen molar-refractivity contribution in [3.8, 4) is 39.6 Å². The van der Waals surface area contributed by atoms with Gasteiger partial charge in [0.15, 0.2) is 25.5 Å². The molecule has 0 radical (unpaired) electrons. The van der Waals surface area contributed by atoms with Crippen LogP contribution in [0.25, 0.3) is 50.1 Å². The summed E-state index contributed by atoms with van der Waals surface area (Å²) in [6.07, 6.45) is 10.5. The topological polar surface area (TPSA) is 47.7 Å². The summed E-state index contributed by atoms with van der Waals surface area (Å²) in [7, 11) is -2.85. The number of hydrogen-bond donors (Lipinski definition) is 0. The minimum Gasteiger partial charge on any atom is -0.444 e. The zero-order valence-electron chi connectivity index (χ0n) is 24.2. The van der Waals surface area contributed by atoms with Crippen LogP contribution in [0.5, 0.6) is 11.5 Å². The van der Waals surface area contributed by atoms with E-state index >= 15 is 0 Å². The molecule has 9 heterocycles. The minimum absolute atomic E-state index is 0.339. The van der Waals surface area contributed by atoms with Gasteiger partial charge in [-0.2, -0.15) is 4.57 Å². The molecule has 7 nitrogen and oxygen atoms in total. The number of benzene rings is 4. The summed E-state index contributed by atoms with van der Waals surface area (Å²) >= 11 is 0. The van der Waals surface area contributed by atoms with E-state index in [0.717, 1.165) is 45.1 Å². The lowest BCUT2D eigenvalue weighted by atomic mass is 10.1. The lowest BCUT2D eigenvalue weighted by molar-refractivity contribution is -1.02. The van der Waals surface area contributed by atoms with E-state index < -0.39 is 8.07 Å². The number of hydrogen-bond acceptors (Lipinski definition) is 3. The van der Waals surface area contributed by atoms with Gasteiger partial charge in [-0.05, 0) is 45.8 Å². The van der Waals surface area contributed by atoms with Crippen LogP contribution in [-0.4, -0.2) is 22.6 Å². The molecule has 1 atom stereocenters. The molecule has 0 amide bonds. The monoisotopic (exact) mass is 605 g/mol. The van der Waals surface area contributed by atoms with Crippen molar-refractivity contribution >= 4 is 62.3 Å². The Bertz CT molecular complexity index is 2750. The summed E-state index contributed by atoms with van der Waals surface area (Å²) in [5, 5.41) is 6.61. The molecule has 0 fully saturated rings. The molecule has 0 saturated heterocycles. The van der Waals surface area contributed by atoms with Crippen molar-refractivity contribution in [1.29, 1.82) is 0 Å². The number of para-hydroxylation sites is 1. The molecule has 13 rings (SSSR count). The van der Waals surface area contributed by atoms with Gasteiger partial charge in [-0.15, -0.1) is 0 Å². The van der Waals surface area contributed by atoms with E-state index in [0.29, 0.717) is 4.70 Å². The minimum atomic E-state index is -2.85. The molecule has 0 saturated carbocycles. The Kier molecular flexibility index (Phi) is 3.41. The Balaban J connectivity index is 1.37. The number of pyridine rings is 2. The van der Waals surface area contributed by atoms with Gasteiger partial charge in [-0.25, -0.2) is 4.98 Å². The van der Waals surface area contributed by atoms with E-state index in [2.05, 4.69) is 130 Å². The van der Waals surface area contributed by atoms with E-state index in [1.807, 2.05) is 12.4 Å². The SMILES string of the molecule is c1ccc2c(c1)-c1ccccc1[Si]21c2ccc3c4c2-n2c5c1cncc5c1ncc[n+](c12)[N+]41c2c(cccc2-c2cccc[n+]21)O3. The predicted molar refractivity (Wildman–Crippen MR) is 177 cm³/mol. The van der Waals surface area contributed by atoms with Crippen LogP contribution in [0.15, 0.2) is 128 Å². The maximum absolute atomic E-state index is 6.94. The van der Waals surface area contributed by atoms with E-state index in [1.54, 1.807) is 0 Å². The molecule has 46 heavy (non-hydrogen) atoms. The largest absolute Gasteiger partial charge is 0.444 e. The first kappa shape index (κ1) is 22.5. The first-order valence-electron chi connectivity index (χ1n) is 15.6. The Morgan fingerprint density at radius 1 is 0.652 bits per heavy atom. The summed E-state index contributed by atoms with van der Waals surface area (Å²) < 4.78 is 14.6. The summed E-state index contributed by atoms with van der Waals surface area (Å²) in [6, 6.07) is 35.7. The molecular weight excluding hydrogens is 585 g/mol. The molecule has 210 valence electrons. The zero-order chi connectivity index (χ0) is 29.5. The smallest absolute Gasteiger partial charge is 0.371 e. The first-order chi connectivity index (χ1) is 22.8. The van der Waals surface area contributed by atoms with E-state index in [-0.39, 0.29) is 0 Å². The van der Waals surface area contributed by atoms with Gasteiger partial charge in [0.1, 0.15) is 15.8 Å². The highest BCUT2D eigenvalue weighted by Crippen LogP contribution is 2.59. The van der Waals surface area contributed by atoms with Gasteiger partial charge < -0.3 is 4.74 Å². The van der Waals surface area contributed by atoms with Crippen molar-refractivity contribution in [2.75, 3.05) is 0 Å². The molecule has 0 bridgehead atoms. The lowest BCUT2D eigenvalue weighted by Crippen LogP contribution is -2.85. The molecule has 2 spiro atoms. The number of quaternary nitrogens is 1. The van der Waals surface area contributed by atoms with Crippen LogP contribution < -0.4 is 39.5 Å². The van der Waals surface area contributed by atoms with Crippen LogP contribution in [0, 0.1) is 0 Å². The third-order valence-electron chi connectivity index (χ3n) is 11.1. The molecule has 5 aliphatic heterocycles. The van der Waals surface area contributed by atoms with E-state index in [1.165, 1.54) is 48.6 Å². The van der Waals surface area contributed by atoms with Crippen molar-refractivity contribution in [2.24, 2.45) is 0 Å². The quantitative estimate of drug-likeness (QED) is 0.150. The van der Waals surface area contributed by atoms with Crippen LogP contribution in [0.3, 0.4) is 0 Å². The number of ether oxygens (including phenoxy) is 1. The second-order valence-corrected chi connectivity index (χ2v) is 16.5. The first-order valence-corrected chi connectivity index (χ1v) is 17.6. The highest BCUT2D eigenvalue weighted by Gasteiger charge is 2.71. The molecule has 4 aromatic carbocycles. The fraction of sp³-hybridized carbons (Fsp3) is 0. The molecule has 8 aromatic rings. The molecule has 0 aliphatic carbocycles. The Labute approximate surface area is 262 Å². The number of fused-ring (bicyclic) bond motifs is 10. The highest BCUT2D eigenvalue weighted by atomic mass is 28.3. The molecule has 4 aromatic heterocycles. The molecule has 0 N–H and O–H groups in total. The van der Waals surface area contributed by atoms with Gasteiger partial charge >= 0.3 is 11.3 Å². The molecule has 8 heteroatoms. The van der Waals surface area contributed by atoms with Crippen molar-refractivity contribution in [1.82, 2.24) is 19.2 Å². The maximum atomic E-state index is 6.94. The predicted octanol–water partition coefficient (Wildman–Crippen LogP) is 3.79. The van der Waals surface area contributed by atoms with Gasteiger partial charge in [-0.3, -0.25) is 4.98 Å². The van der Waals surface area contributed by atoms with Crippen molar-refractivity contribution in [2.45, 2.75) is 0 Å². The Hall–Kier alpha value is -5.96. The molecule has 5 aliphatic rings. The van der Waals surface area contributed by atoms with Crippen molar-refractivity contribution in [3.05, 3.63) is 128 Å². The maximum Gasteiger partial charge on any atom is 0.371 e. The third kappa shape index (κ3) is 1.99. The van der Waals surface area contributed by atoms with Gasteiger partial charge in [0, 0.05) is 44.3 Å². The standard InChI is InChI=1S/C38H21N6OSi/c1-3-13-29-22(8-1)23-9-2-4-14-30(23)46(29)31-16-15-28-37-35(31)43-34-25(20-39-21-32(34)46)33-38(43)42(19-17-40-33)44(37)36-24(10-7-12-27(36)45-28)26-11-5-6-18-41(26)44/h1-21H/q+3. The van der Waals surface area contributed by atoms with Crippen LogP contribution in [0.1, 0.15) is 0 Å². The normalized spacial score (nSPS) is 18.4. The summed E-state index contributed by atoms with van der Waals surface area (Å²) in [6.45, 7) is 0. The molecular formula is C38H21N6OSi+3. The average Bonchev–Trinajstić information content (AvgIpc) is 3.72. The average molecular weight is 606 g/mol. The van der Waals surface area contributed by atoms with Crippen LogP contribution in [0.2, 0.25) is 0 Å². The molecule has 1 unspecified atom stereocenters. The summed E-state index contributed by atoms with van der Waals surface area (Å²) in [5.74, 6) is 1.75. The van der Waals surface area contributed by atoms with Crippen molar-refractivity contribution in [3.63, 3.8) is 0 Å².